The molecule has 1 heterocycles. The zero-order chi connectivity index (χ0) is 16.1. The predicted octanol–water partition coefficient (Wildman–Crippen LogP) is 2.22. The van der Waals surface area contributed by atoms with Gasteiger partial charge >= 0.3 is 0 Å². The van der Waals surface area contributed by atoms with E-state index in [-0.39, 0.29) is 23.2 Å². The minimum Gasteiger partial charge on any atom is -0.468 e. The average Bonchev–Trinajstić information content (AvgIpc) is 3.01. The van der Waals surface area contributed by atoms with Gasteiger partial charge in [-0.05, 0) is 32.3 Å². The maximum Gasteiger partial charge on any atom is 0.270 e. The molecule has 0 fully saturated rings. The van der Waals surface area contributed by atoms with Crippen molar-refractivity contribution in [1.29, 1.82) is 0 Å². The molecule has 0 aliphatic carbocycles. The molecule has 7 nitrogen and oxygen atoms in total. The van der Waals surface area contributed by atoms with Gasteiger partial charge in [-0.3, -0.25) is 19.8 Å². The van der Waals surface area contributed by atoms with Gasteiger partial charge in [-0.1, -0.05) is 6.07 Å². The second-order valence-electron chi connectivity index (χ2n) is 5.01. The number of nitrogens with one attached hydrogen (secondary N) is 1. The maximum atomic E-state index is 12.1. The van der Waals surface area contributed by atoms with E-state index in [1.54, 1.807) is 18.4 Å². The lowest BCUT2D eigenvalue weighted by Gasteiger charge is -2.22. The van der Waals surface area contributed by atoms with E-state index in [1.165, 1.54) is 18.2 Å². The Labute approximate surface area is 127 Å². The van der Waals surface area contributed by atoms with E-state index in [0.717, 1.165) is 5.76 Å². The van der Waals surface area contributed by atoms with Crippen LogP contribution in [0.25, 0.3) is 0 Å². The van der Waals surface area contributed by atoms with Crippen LogP contribution in [0, 0.1) is 10.1 Å². The number of hydrogen-bond donors (Lipinski definition) is 1. The summed E-state index contributed by atoms with van der Waals surface area (Å²) in [6.45, 7) is 0.335. The third-order valence-corrected chi connectivity index (χ3v) is 3.27. The Kier molecular flexibility index (Phi) is 4.90. The molecule has 22 heavy (non-hydrogen) atoms. The lowest BCUT2D eigenvalue weighted by molar-refractivity contribution is -0.384. The molecular formula is C15H17N3O4. The molecule has 7 heteroatoms. The van der Waals surface area contributed by atoms with Gasteiger partial charge in [-0.2, -0.15) is 0 Å². The Hall–Kier alpha value is -2.67. The highest BCUT2D eigenvalue weighted by molar-refractivity contribution is 5.94. The monoisotopic (exact) mass is 303 g/mol. The lowest BCUT2D eigenvalue weighted by Crippen LogP contribution is -2.34. The van der Waals surface area contributed by atoms with Crippen LogP contribution in [0.2, 0.25) is 0 Å². The van der Waals surface area contributed by atoms with Crippen molar-refractivity contribution < 1.29 is 14.1 Å². The van der Waals surface area contributed by atoms with Gasteiger partial charge in [0.15, 0.2) is 0 Å². The van der Waals surface area contributed by atoms with Crippen LogP contribution in [-0.2, 0) is 0 Å². The summed E-state index contributed by atoms with van der Waals surface area (Å²) in [5.41, 5.74) is 0.147. The summed E-state index contributed by atoms with van der Waals surface area (Å²) in [5.74, 6) is 0.381. The molecule has 0 saturated heterocycles. The first-order chi connectivity index (χ1) is 10.5. The summed E-state index contributed by atoms with van der Waals surface area (Å²) in [5, 5.41) is 13.5. The molecule has 2 rings (SSSR count). The highest BCUT2D eigenvalue weighted by Gasteiger charge is 2.19. The van der Waals surface area contributed by atoms with E-state index in [2.05, 4.69) is 5.32 Å². The van der Waals surface area contributed by atoms with E-state index in [1.807, 2.05) is 25.1 Å². The first-order valence-corrected chi connectivity index (χ1v) is 6.71. The summed E-state index contributed by atoms with van der Waals surface area (Å²) >= 11 is 0. The number of carbonyl (C=O) groups is 1. The van der Waals surface area contributed by atoms with Crippen molar-refractivity contribution in [2.45, 2.75) is 6.04 Å². The number of benzene rings is 1. The number of non-ortho nitro benzene ring substituents is 1. The highest BCUT2D eigenvalue weighted by Crippen LogP contribution is 2.18. The third-order valence-electron chi connectivity index (χ3n) is 3.27. The van der Waals surface area contributed by atoms with Crippen LogP contribution >= 0.6 is 0 Å². The largest absolute Gasteiger partial charge is 0.468 e. The Morgan fingerprint density at radius 1 is 1.36 bits per heavy atom. The fraction of sp³-hybridized carbons (Fsp3) is 0.267. The molecule has 0 saturated carbocycles. The van der Waals surface area contributed by atoms with Gasteiger partial charge in [0.05, 0.1) is 17.2 Å². The van der Waals surface area contributed by atoms with Crippen molar-refractivity contribution >= 4 is 11.6 Å². The van der Waals surface area contributed by atoms with Gasteiger partial charge in [0.1, 0.15) is 5.76 Å². The van der Waals surface area contributed by atoms with E-state index in [0.29, 0.717) is 6.54 Å². The summed E-state index contributed by atoms with van der Waals surface area (Å²) in [7, 11) is 3.76. The van der Waals surface area contributed by atoms with Gasteiger partial charge in [0.2, 0.25) is 0 Å². The second kappa shape index (κ2) is 6.86. The Balaban J connectivity index is 2.05. The molecule has 1 amide bonds. The standard InChI is InChI=1S/C15H17N3O4/c1-17(2)13(14-7-4-8-22-14)10-16-15(19)11-5-3-6-12(9-11)18(20)21/h3-9,13H,10H2,1-2H3,(H,16,19). The predicted molar refractivity (Wildman–Crippen MR) is 80.6 cm³/mol. The number of rotatable bonds is 6. The number of nitro benzene ring substituents is 1. The summed E-state index contributed by atoms with van der Waals surface area (Å²) in [6, 6.07) is 9.15. The van der Waals surface area contributed by atoms with Gasteiger partial charge < -0.3 is 9.73 Å². The fourth-order valence-corrected chi connectivity index (χ4v) is 2.07. The van der Waals surface area contributed by atoms with Crippen LogP contribution < -0.4 is 5.32 Å². The van der Waals surface area contributed by atoms with Crippen molar-refractivity contribution in [2.24, 2.45) is 0 Å². The molecule has 0 aliphatic rings. The molecule has 0 bridgehead atoms. The Morgan fingerprint density at radius 2 is 2.14 bits per heavy atom. The molecule has 1 aromatic carbocycles. The molecule has 2 aromatic rings. The van der Waals surface area contributed by atoms with E-state index in [9.17, 15) is 14.9 Å². The fourth-order valence-electron chi connectivity index (χ4n) is 2.07. The highest BCUT2D eigenvalue weighted by atomic mass is 16.6. The molecule has 1 unspecified atom stereocenters. The number of furan rings is 1. The minimum absolute atomic E-state index is 0.108. The Morgan fingerprint density at radius 3 is 2.73 bits per heavy atom. The second-order valence-corrected chi connectivity index (χ2v) is 5.01. The molecule has 0 radical (unpaired) electrons. The minimum atomic E-state index is -0.526. The molecule has 116 valence electrons. The number of likely N-dealkylation sites (N-methyl/N-ethyl adjacent to an activating group) is 1. The third kappa shape index (κ3) is 3.70. The number of hydrogen-bond acceptors (Lipinski definition) is 5. The van der Waals surface area contributed by atoms with Crippen LogP contribution in [0.5, 0.6) is 0 Å². The zero-order valence-electron chi connectivity index (χ0n) is 12.4. The Bertz CT molecular complexity index is 653. The summed E-state index contributed by atoms with van der Waals surface area (Å²) < 4.78 is 5.36. The van der Waals surface area contributed by atoms with Gasteiger partial charge in [-0.25, -0.2) is 0 Å². The van der Waals surface area contributed by atoms with E-state index >= 15 is 0 Å². The average molecular weight is 303 g/mol. The van der Waals surface area contributed by atoms with Crippen LogP contribution in [0.1, 0.15) is 22.2 Å². The molecule has 0 aliphatic heterocycles. The van der Waals surface area contributed by atoms with Crippen LogP contribution in [-0.4, -0.2) is 36.4 Å². The van der Waals surface area contributed by atoms with Crippen molar-refractivity contribution in [1.82, 2.24) is 10.2 Å². The number of nitrogens with zero attached hydrogens (tertiary/aromatic N) is 2. The van der Waals surface area contributed by atoms with Gasteiger partial charge in [0, 0.05) is 24.2 Å². The van der Waals surface area contributed by atoms with Crippen LogP contribution in [0.3, 0.4) is 0 Å². The number of nitro groups is 1. The van der Waals surface area contributed by atoms with Crippen molar-refractivity contribution in [2.75, 3.05) is 20.6 Å². The normalized spacial score (nSPS) is 12.1. The summed E-state index contributed by atoms with van der Waals surface area (Å²) in [4.78, 5) is 24.3. The van der Waals surface area contributed by atoms with E-state index < -0.39 is 4.92 Å². The first kappa shape index (κ1) is 15.7. The maximum absolute atomic E-state index is 12.1. The lowest BCUT2D eigenvalue weighted by atomic mass is 10.1. The zero-order valence-corrected chi connectivity index (χ0v) is 12.4. The molecule has 0 spiro atoms. The van der Waals surface area contributed by atoms with Gasteiger partial charge in [-0.15, -0.1) is 0 Å². The van der Waals surface area contributed by atoms with Crippen LogP contribution in [0.15, 0.2) is 47.1 Å². The first-order valence-electron chi connectivity index (χ1n) is 6.71. The summed E-state index contributed by atoms with van der Waals surface area (Å²) in [6.07, 6.45) is 1.58. The quantitative estimate of drug-likeness (QED) is 0.653. The number of carbonyl (C=O) groups excluding carboxylic acids is 1. The van der Waals surface area contributed by atoms with Crippen LogP contribution in [0.4, 0.5) is 5.69 Å². The molecular weight excluding hydrogens is 286 g/mol. The van der Waals surface area contributed by atoms with Crippen molar-refractivity contribution in [3.8, 4) is 0 Å². The smallest absolute Gasteiger partial charge is 0.270 e. The van der Waals surface area contributed by atoms with Crippen molar-refractivity contribution in [3.63, 3.8) is 0 Å². The molecule has 1 atom stereocenters. The van der Waals surface area contributed by atoms with Crippen molar-refractivity contribution in [3.05, 3.63) is 64.1 Å². The molecule has 1 aromatic heterocycles. The topological polar surface area (TPSA) is 88.6 Å². The molecule has 1 N–H and O–H groups in total. The SMILES string of the molecule is CN(C)C(CNC(=O)c1cccc([N+](=O)[O-])c1)c1ccco1. The van der Waals surface area contributed by atoms with E-state index in [4.69, 9.17) is 4.42 Å². The van der Waals surface area contributed by atoms with Gasteiger partial charge in [0.25, 0.3) is 11.6 Å². The number of amides is 1.